The standard InChI is InChI=1S/C16H26N2O2/c1-12(2)18-14(8-9-15(18)19)16(20)17-11-10-13-6-4-3-5-7-13/h6,12,14H,3-5,7-11H2,1-2H3,(H,17,20)/t14-/m1/s1. The Balaban J connectivity index is 1.79. The third-order valence-corrected chi connectivity index (χ3v) is 4.24. The van der Waals surface area contributed by atoms with Gasteiger partial charge in [0.05, 0.1) is 0 Å². The zero-order chi connectivity index (χ0) is 14.5. The van der Waals surface area contributed by atoms with E-state index in [1.165, 1.54) is 31.3 Å². The van der Waals surface area contributed by atoms with E-state index in [-0.39, 0.29) is 23.9 Å². The largest absolute Gasteiger partial charge is 0.354 e. The van der Waals surface area contributed by atoms with Crippen LogP contribution in [0.1, 0.15) is 58.8 Å². The first-order valence-electron chi connectivity index (χ1n) is 7.86. The number of carbonyl (C=O) groups excluding carboxylic acids is 2. The van der Waals surface area contributed by atoms with Crippen molar-refractivity contribution in [2.24, 2.45) is 0 Å². The van der Waals surface area contributed by atoms with Gasteiger partial charge in [-0.15, -0.1) is 0 Å². The van der Waals surface area contributed by atoms with E-state index in [2.05, 4.69) is 11.4 Å². The predicted molar refractivity (Wildman–Crippen MR) is 79.2 cm³/mol. The predicted octanol–water partition coefficient (Wildman–Crippen LogP) is 2.39. The van der Waals surface area contributed by atoms with Crippen LogP contribution in [-0.2, 0) is 9.59 Å². The Morgan fingerprint density at radius 2 is 2.20 bits per heavy atom. The van der Waals surface area contributed by atoms with Gasteiger partial charge < -0.3 is 10.2 Å². The van der Waals surface area contributed by atoms with E-state index in [0.29, 0.717) is 19.4 Å². The molecule has 112 valence electrons. The van der Waals surface area contributed by atoms with Crippen LogP contribution in [0.25, 0.3) is 0 Å². The molecule has 0 aromatic rings. The highest BCUT2D eigenvalue weighted by molar-refractivity contribution is 5.91. The lowest BCUT2D eigenvalue weighted by atomic mass is 9.97. The van der Waals surface area contributed by atoms with E-state index in [4.69, 9.17) is 0 Å². The minimum Gasteiger partial charge on any atom is -0.354 e. The molecule has 1 fully saturated rings. The van der Waals surface area contributed by atoms with Gasteiger partial charge in [0, 0.05) is 19.0 Å². The summed E-state index contributed by atoms with van der Waals surface area (Å²) in [5.41, 5.74) is 1.47. The Kier molecular flexibility index (Phi) is 5.21. The third kappa shape index (κ3) is 3.62. The molecule has 1 aliphatic heterocycles. The first-order valence-corrected chi connectivity index (χ1v) is 7.86. The van der Waals surface area contributed by atoms with Crippen LogP contribution < -0.4 is 5.32 Å². The molecule has 2 aliphatic rings. The molecule has 0 aromatic heterocycles. The van der Waals surface area contributed by atoms with Crippen LogP contribution in [0.3, 0.4) is 0 Å². The fraction of sp³-hybridized carbons (Fsp3) is 0.750. The van der Waals surface area contributed by atoms with Crippen LogP contribution in [0.5, 0.6) is 0 Å². The van der Waals surface area contributed by atoms with Gasteiger partial charge in [0.2, 0.25) is 11.8 Å². The van der Waals surface area contributed by atoms with Gasteiger partial charge in [-0.1, -0.05) is 11.6 Å². The van der Waals surface area contributed by atoms with Crippen molar-refractivity contribution in [1.82, 2.24) is 10.2 Å². The summed E-state index contributed by atoms with van der Waals surface area (Å²) in [6, 6.07) is -0.162. The second-order valence-electron chi connectivity index (χ2n) is 6.10. The fourth-order valence-electron chi connectivity index (χ4n) is 3.20. The van der Waals surface area contributed by atoms with Gasteiger partial charge >= 0.3 is 0 Å². The molecule has 1 aliphatic carbocycles. The highest BCUT2D eigenvalue weighted by atomic mass is 16.2. The van der Waals surface area contributed by atoms with Gasteiger partial charge in [-0.2, -0.15) is 0 Å². The van der Waals surface area contributed by atoms with Crippen LogP contribution in [0.15, 0.2) is 11.6 Å². The Labute approximate surface area is 121 Å². The Hall–Kier alpha value is -1.32. The number of rotatable bonds is 5. The monoisotopic (exact) mass is 278 g/mol. The van der Waals surface area contributed by atoms with Crippen molar-refractivity contribution in [3.63, 3.8) is 0 Å². The molecule has 0 aromatic carbocycles. The maximum Gasteiger partial charge on any atom is 0.242 e. The first-order chi connectivity index (χ1) is 9.59. The minimum absolute atomic E-state index is 0.0148. The van der Waals surface area contributed by atoms with E-state index in [0.717, 1.165) is 6.42 Å². The molecule has 2 rings (SSSR count). The van der Waals surface area contributed by atoms with Crippen molar-refractivity contribution in [2.45, 2.75) is 70.9 Å². The zero-order valence-electron chi connectivity index (χ0n) is 12.7. The number of nitrogens with zero attached hydrogens (tertiary/aromatic N) is 1. The second kappa shape index (κ2) is 6.91. The van der Waals surface area contributed by atoms with Gasteiger partial charge in [0.25, 0.3) is 0 Å². The molecule has 4 heteroatoms. The third-order valence-electron chi connectivity index (χ3n) is 4.24. The summed E-state index contributed by atoms with van der Waals surface area (Å²) in [6.45, 7) is 4.63. The van der Waals surface area contributed by atoms with Crippen molar-refractivity contribution in [3.8, 4) is 0 Å². The molecule has 1 atom stereocenters. The number of amides is 2. The highest BCUT2D eigenvalue weighted by Gasteiger charge is 2.37. The lowest BCUT2D eigenvalue weighted by Gasteiger charge is -2.27. The van der Waals surface area contributed by atoms with Crippen molar-refractivity contribution >= 4 is 11.8 Å². The first kappa shape index (κ1) is 15.1. The smallest absolute Gasteiger partial charge is 0.242 e. The average Bonchev–Trinajstić information content (AvgIpc) is 2.82. The van der Waals surface area contributed by atoms with Gasteiger partial charge in [0.15, 0.2) is 0 Å². The van der Waals surface area contributed by atoms with E-state index in [9.17, 15) is 9.59 Å². The molecule has 4 nitrogen and oxygen atoms in total. The average molecular weight is 278 g/mol. The molecule has 0 radical (unpaired) electrons. The number of hydrogen-bond donors (Lipinski definition) is 1. The van der Waals surface area contributed by atoms with Crippen LogP contribution >= 0.6 is 0 Å². The summed E-state index contributed by atoms with van der Waals surface area (Å²) < 4.78 is 0. The second-order valence-corrected chi connectivity index (χ2v) is 6.10. The number of allylic oxidation sites excluding steroid dienone is 1. The number of hydrogen-bond acceptors (Lipinski definition) is 2. The fourth-order valence-corrected chi connectivity index (χ4v) is 3.20. The van der Waals surface area contributed by atoms with Gasteiger partial charge in [-0.3, -0.25) is 9.59 Å². The van der Waals surface area contributed by atoms with Gasteiger partial charge in [-0.25, -0.2) is 0 Å². The molecule has 1 saturated heterocycles. The van der Waals surface area contributed by atoms with Crippen molar-refractivity contribution in [3.05, 3.63) is 11.6 Å². The van der Waals surface area contributed by atoms with Crippen LogP contribution in [0.2, 0.25) is 0 Å². The Morgan fingerprint density at radius 3 is 2.85 bits per heavy atom. The lowest BCUT2D eigenvalue weighted by molar-refractivity contribution is -0.136. The maximum absolute atomic E-state index is 12.2. The summed E-state index contributed by atoms with van der Waals surface area (Å²) in [4.78, 5) is 25.7. The van der Waals surface area contributed by atoms with Crippen LogP contribution in [0, 0.1) is 0 Å². The van der Waals surface area contributed by atoms with Crippen molar-refractivity contribution in [1.29, 1.82) is 0 Å². The normalized spacial score (nSPS) is 23.1. The summed E-state index contributed by atoms with van der Waals surface area (Å²) in [6.07, 6.45) is 9.36. The topological polar surface area (TPSA) is 49.4 Å². The molecule has 1 heterocycles. The van der Waals surface area contributed by atoms with Crippen LogP contribution in [-0.4, -0.2) is 35.3 Å². The number of nitrogens with one attached hydrogen (secondary N) is 1. The molecular formula is C16H26N2O2. The number of likely N-dealkylation sites (tertiary alicyclic amines) is 1. The van der Waals surface area contributed by atoms with Crippen molar-refractivity contribution < 1.29 is 9.59 Å². The Bertz CT molecular complexity index is 401. The Morgan fingerprint density at radius 1 is 1.40 bits per heavy atom. The van der Waals surface area contributed by atoms with E-state index >= 15 is 0 Å². The summed E-state index contributed by atoms with van der Waals surface area (Å²) in [5.74, 6) is 0.121. The molecule has 2 amide bonds. The van der Waals surface area contributed by atoms with E-state index in [1.807, 2.05) is 13.8 Å². The minimum atomic E-state index is -0.261. The number of carbonyl (C=O) groups is 2. The molecule has 20 heavy (non-hydrogen) atoms. The van der Waals surface area contributed by atoms with Gasteiger partial charge in [0.1, 0.15) is 6.04 Å². The maximum atomic E-state index is 12.2. The quantitative estimate of drug-likeness (QED) is 0.785. The van der Waals surface area contributed by atoms with Crippen molar-refractivity contribution in [2.75, 3.05) is 6.54 Å². The zero-order valence-corrected chi connectivity index (χ0v) is 12.7. The van der Waals surface area contributed by atoms with E-state index in [1.54, 1.807) is 4.90 Å². The lowest BCUT2D eigenvalue weighted by Crippen LogP contribution is -2.47. The summed E-state index contributed by atoms with van der Waals surface area (Å²) in [7, 11) is 0. The molecular weight excluding hydrogens is 252 g/mol. The van der Waals surface area contributed by atoms with E-state index < -0.39 is 0 Å². The highest BCUT2D eigenvalue weighted by Crippen LogP contribution is 2.22. The van der Waals surface area contributed by atoms with Crippen LogP contribution in [0.4, 0.5) is 0 Å². The molecule has 0 saturated carbocycles. The molecule has 0 bridgehead atoms. The molecule has 1 N–H and O–H groups in total. The van der Waals surface area contributed by atoms with Gasteiger partial charge in [-0.05, 0) is 52.4 Å². The molecule has 0 spiro atoms. The summed E-state index contributed by atoms with van der Waals surface area (Å²) >= 11 is 0. The summed E-state index contributed by atoms with van der Waals surface area (Å²) in [5, 5.41) is 3.00. The SMILES string of the molecule is CC(C)N1C(=O)CC[C@@H]1C(=O)NCCC1=CCCCC1. The molecule has 0 unspecified atom stereocenters.